The lowest BCUT2D eigenvalue weighted by Crippen LogP contribution is -2.34. The van der Waals surface area contributed by atoms with Crippen molar-refractivity contribution in [3.05, 3.63) is 0 Å². The molecule has 0 rings (SSSR count). The van der Waals surface area contributed by atoms with Crippen LogP contribution >= 0.6 is 7.82 Å². The SMILES string of the molecule is CCC(=O)OCC(COP(=O)(O)OCCNC(=O)OC(C)(C)C)OC(=O)CC. The molecular formula is C16H30NO10P. The Morgan fingerprint density at radius 2 is 1.64 bits per heavy atom. The second kappa shape index (κ2) is 12.7. The van der Waals surface area contributed by atoms with E-state index in [1.807, 2.05) is 0 Å². The number of ether oxygens (including phenoxy) is 3. The number of phosphoric acid groups is 1. The van der Waals surface area contributed by atoms with Crippen LogP contribution < -0.4 is 5.32 Å². The molecule has 1 amide bonds. The molecule has 0 radical (unpaired) electrons. The minimum absolute atomic E-state index is 0.0713. The number of carbonyl (C=O) groups is 3. The standard InChI is InChI=1S/C16H30NO10P/c1-6-13(18)23-10-12(26-14(19)7-2)11-25-28(21,22)24-9-8-17-15(20)27-16(3,4)5/h12H,6-11H2,1-5H3,(H,17,20)(H,21,22). The maximum Gasteiger partial charge on any atom is 0.472 e. The highest BCUT2D eigenvalue weighted by Crippen LogP contribution is 2.43. The minimum atomic E-state index is -4.48. The number of phosphoric ester groups is 1. The third-order valence-corrected chi connectivity index (χ3v) is 3.74. The van der Waals surface area contributed by atoms with E-state index in [1.54, 1.807) is 34.6 Å². The lowest BCUT2D eigenvalue weighted by atomic mass is 10.2. The van der Waals surface area contributed by atoms with Crippen LogP contribution in [0.4, 0.5) is 4.79 Å². The number of rotatable bonds is 12. The number of amides is 1. The van der Waals surface area contributed by atoms with Gasteiger partial charge in [-0.15, -0.1) is 0 Å². The van der Waals surface area contributed by atoms with Crippen molar-refractivity contribution in [2.75, 3.05) is 26.4 Å². The number of hydrogen-bond acceptors (Lipinski definition) is 9. The zero-order chi connectivity index (χ0) is 21.8. The van der Waals surface area contributed by atoms with E-state index >= 15 is 0 Å². The van der Waals surface area contributed by atoms with Crippen LogP contribution in [0.25, 0.3) is 0 Å². The van der Waals surface area contributed by atoms with E-state index in [0.29, 0.717) is 0 Å². The summed E-state index contributed by atoms with van der Waals surface area (Å²) >= 11 is 0. The molecule has 2 atom stereocenters. The molecule has 0 bridgehead atoms. The summed E-state index contributed by atoms with van der Waals surface area (Å²) in [7, 11) is -4.48. The topological polar surface area (TPSA) is 147 Å². The van der Waals surface area contributed by atoms with E-state index in [9.17, 15) is 23.8 Å². The molecule has 0 fully saturated rings. The largest absolute Gasteiger partial charge is 0.472 e. The molecule has 0 aromatic rings. The molecule has 0 spiro atoms. The average molecular weight is 427 g/mol. The van der Waals surface area contributed by atoms with Gasteiger partial charge in [0, 0.05) is 19.4 Å². The quantitative estimate of drug-likeness (QED) is 0.205. The number of esters is 2. The zero-order valence-electron chi connectivity index (χ0n) is 16.9. The van der Waals surface area contributed by atoms with Crippen LogP contribution in [0.1, 0.15) is 47.5 Å². The van der Waals surface area contributed by atoms with Crippen LogP contribution in [0.15, 0.2) is 0 Å². The van der Waals surface area contributed by atoms with Gasteiger partial charge in [-0.05, 0) is 20.8 Å². The maximum atomic E-state index is 11.9. The van der Waals surface area contributed by atoms with Gasteiger partial charge in [0.05, 0.1) is 13.2 Å². The Balaban J connectivity index is 4.37. The first-order chi connectivity index (χ1) is 12.9. The highest BCUT2D eigenvalue weighted by Gasteiger charge is 2.26. The summed E-state index contributed by atoms with van der Waals surface area (Å²) in [5.74, 6) is -1.11. The molecule has 164 valence electrons. The first-order valence-electron chi connectivity index (χ1n) is 8.82. The van der Waals surface area contributed by atoms with Crippen molar-refractivity contribution in [2.45, 2.75) is 59.2 Å². The predicted molar refractivity (Wildman–Crippen MR) is 97.4 cm³/mol. The second-order valence-electron chi connectivity index (χ2n) is 6.53. The van der Waals surface area contributed by atoms with Gasteiger partial charge in [0.1, 0.15) is 12.2 Å². The molecule has 2 unspecified atom stereocenters. The van der Waals surface area contributed by atoms with Gasteiger partial charge in [-0.3, -0.25) is 18.6 Å². The summed E-state index contributed by atoms with van der Waals surface area (Å²) in [5, 5.41) is 2.35. The van der Waals surface area contributed by atoms with Crippen LogP contribution in [0.5, 0.6) is 0 Å². The molecule has 11 nitrogen and oxygen atoms in total. The van der Waals surface area contributed by atoms with Crippen molar-refractivity contribution >= 4 is 25.9 Å². The second-order valence-corrected chi connectivity index (χ2v) is 7.98. The number of hydrogen-bond donors (Lipinski definition) is 2. The van der Waals surface area contributed by atoms with Gasteiger partial charge >= 0.3 is 25.9 Å². The molecule has 2 N–H and O–H groups in total. The molecular weight excluding hydrogens is 397 g/mol. The van der Waals surface area contributed by atoms with Gasteiger partial charge in [0.25, 0.3) is 0 Å². The van der Waals surface area contributed by atoms with Gasteiger partial charge in [-0.2, -0.15) is 0 Å². The van der Waals surface area contributed by atoms with Gasteiger partial charge in [0.2, 0.25) is 0 Å². The van der Waals surface area contributed by atoms with E-state index in [1.165, 1.54) is 0 Å². The molecule has 0 saturated carbocycles. The van der Waals surface area contributed by atoms with Crippen molar-refractivity contribution in [3.63, 3.8) is 0 Å². The normalized spacial score (nSPS) is 14.5. The Morgan fingerprint density at radius 1 is 1.04 bits per heavy atom. The van der Waals surface area contributed by atoms with E-state index in [2.05, 4.69) is 5.32 Å². The summed E-state index contributed by atoms with van der Waals surface area (Å²) in [6, 6.07) is 0. The van der Waals surface area contributed by atoms with Gasteiger partial charge in [0.15, 0.2) is 6.10 Å². The maximum absolute atomic E-state index is 11.9. The smallest absolute Gasteiger partial charge is 0.462 e. The highest BCUT2D eigenvalue weighted by atomic mass is 31.2. The van der Waals surface area contributed by atoms with Crippen LogP contribution in [0, 0.1) is 0 Å². The summed E-state index contributed by atoms with van der Waals surface area (Å²) in [5.41, 5.74) is -0.674. The van der Waals surface area contributed by atoms with Crippen LogP contribution in [-0.4, -0.2) is 61.0 Å². The third kappa shape index (κ3) is 14.4. The van der Waals surface area contributed by atoms with Gasteiger partial charge in [-0.1, -0.05) is 13.8 Å². The first kappa shape index (κ1) is 26.3. The molecule has 0 aliphatic carbocycles. The molecule has 28 heavy (non-hydrogen) atoms. The summed E-state index contributed by atoms with van der Waals surface area (Å²) in [6.45, 7) is 6.98. The van der Waals surface area contributed by atoms with Gasteiger partial charge in [-0.25, -0.2) is 9.36 Å². The minimum Gasteiger partial charge on any atom is -0.462 e. The highest BCUT2D eigenvalue weighted by molar-refractivity contribution is 7.47. The van der Waals surface area contributed by atoms with Crippen LogP contribution in [-0.2, 0) is 37.4 Å². The molecule has 0 aliphatic rings. The fourth-order valence-corrected chi connectivity index (χ4v) is 2.27. The first-order valence-corrected chi connectivity index (χ1v) is 10.3. The monoisotopic (exact) mass is 427 g/mol. The number of carbonyl (C=O) groups excluding carboxylic acids is 3. The Labute approximate surface area is 164 Å². The van der Waals surface area contributed by atoms with E-state index in [-0.39, 0.29) is 32.6 Å². The van der Waals surface area contributed by atoms with E-state index < -0.39 is 44.2 Å². The molecule has 0 aliphatic heterocycles. The van der Waals surface area contributed by atoms with Crippen LogP contribution in [0.3, 0.4) is 0 Å². The Kier molecular flexibility index (Phi) is 12.0. The van der Waals surface area contributed by atoms with E-state index in [0.717, 1.165) is 0 Å². The van der Waals surface area contributed by atoms with Gasteiger partial charge < -0.3 is 24.4 Å². The molecule has 12 heteroatoms. The van der Waals surface area contributed by atoms with Crippen molar-refractivity contribution in [3.8, 4) is 0 Å². The molecule has 0 heterocycles. The molecule has 0 aromatic carbocycles. The lowest BCUT2D eigenvalue weighted by molar-refractivity contribution is -0.160. The molecule has 0 saturated heterocycles. The third-order valence-electron chi connectivity index (χ3n) is 2.75. The van der Waals surface area contributed by atoms with E-state index in [4.69, 9.17) is 23.3 Å². The van der Waals surface area contributed by atoms with Crippen molar-refractivity contribution in [1.82, 2.24) is 5.32 Å². The number of nitrogens with one attached hydrogen (secondary N) is 1. The average Bonchev–Trinajstić information content (AvgIpc) is 2.59. The Hall–Kier alpha value is -1.68. The fraction of sp³-hybridized carbons (Fsp3) is 0.812. The molecule has 0 aromatic heterocycles. The summed E-state index contributed by atoms with van der Waals surface area (Å²) in [6.07, 6.45) is -1.57. The number of alkyl carbamates (subject to hydrolysis) is 1. The lowest BCUT2D eigenvalue weighted by Gasteiger charge is -2.20. The fourth-order valence-electron chi connectivity index (χ4n) is 1.52. The van der Waals surface area contributed by atoms with Crippen molar-refractivity contribution in [1.29, 1.82) is 0 Å². The van der Waals surface area contributed by atoms with Crippen molar-refractivity contribution < 1.29 is 47.1 Å². The Bertz CT molecular complexity index is 560. The zero-order valence-corrected chi connectivity index (χ0v) is 17.8. The van der Waals surface area contributed by atoms with Crippen LogP contribution in [0.2, 0.25) is 0 Å². The summed E-state index contributed by atoms with van der Waals surface area (Å²) < 4.78 is 36.2. The van der Waals surface area contributed by atoms with Crippen molar-refractivity contribution in [2.24, 2.45) is 0 Å². The predicted octanol–water partition coefficient (Wildman–Crippen LogP) is 1.92. The Morgan fingerprint density at radius 3 is 2.18 bits per heavy atom. The summed E-state index contributed by atoms with van der Waals surface area (Å²) in [4.78, 5) is 43.7.